The molecule has 0 bridgehead atoms. The lowest BCUT2D eigenvalue weighted by atomic mass is 9.77. The standard InChI is InChI=1S/C25H37NO7/c1-17(2)33-22-16-20(25(3,4)12-7-5-6-8-13-32-26(30)31)15-21(27)23(22)18-10-9-11-19(14-18)24(28)29/h11,15-18,27H,5-10,12-14H2,1-4H3,(H,28,29). The fraction of sp³-hybridized carbons (Fsp3) is 0.640. The van der Waals surface area contributed by atoms with E-state index in [2.05, 4.69) is 18.7 Å². The summed E-state index contributed by atoms with van der Waals surface area (Å²) < 4.78 is 6.10. The van der Waals surface area contributed by atoms with Gasteiger partial charge in [0.25, 0.3) is 5.09 Å². The van der Waals surface area contributed by atoms with Crippen LogP contribution in [0.1, 0.15) is 96.1 Å². The molecule has 184 valence electrons. The first-order valence-electron chi connectivity index (χ1n) is 11.7. The number of hydrogen-bond acceptors (Lipinski definition) is 6. The van der Waals surface area contributed by atoms with Gasteiger partial charge in [-0.1, -0.05) is 39.2 Å². The zero-order chi connectivity index (χ0) is 24.6. The van der Waals surface area contributed by atoms with E-state index in [1.54, 1.807) is 12.1 Å². The minimum absolute atomic E-state index is 0.0824. The monoisotopic (exact) mass is 463 g/mol. The number of carboxylic acid groups (broad SMARTS) is 1. The molecule has 0 saturated carbocycles. The van der Waals surface area contributed by atoms with Crippen LogP contribution in [-0.2, 0) is 15.0 Å². The van der Waals surface area contributed by atoms with Gasteiger partial charge >= 0.3 is 5.97 Å². The fourth-order valence-electron chi connectivity index (χ4n) is 4.40. The molecule has 1 aliphatic carbocycles. The maximum Gasteiger partial charge on any atom is 0.331 e. The molecule has 8 heteroatoms. The number of carbonyl (C=O) groups is 1. The predicted molar refractivity (Wildman–Crippen MR) is 125 cm³/mol. The number of aliphatic carboxylic acids is 1. The molecule has 0 aliphatic heterocycles. The Morgan fingerprint density at radius 2 is 1.94 bits per heavy atom. The Bertz CT molecular complexity index is 861. The molecule has 0 saturated heterocycles. The van der Waals surface area contributed by atoms with Gasteiger partial charge in [-0.15, -0.1) is 10.1 Å². The number of benzene rings is 1. The molecule has 0 heterocycles. The van der Waals surface area contributed by atoms with Gasteiger partial charge in [-0.3, -0.25) is 0 Å². The van der Waals surface area contributed by atoms with Crippen LogP contribution in [0.2, 0.25) is 0 Å². The van der Waals surface area contributed by atoms with Crippen molar-refractivity contribution in [3.05, 3.63) is 45.0 Å². The average molecular weight is 464 g/mol. The number of nitrogens with zero attached hydrogens (tertiary/aromatic N) is 1. The molecule has 33 heavy (non-hydrogen) atoms. The number of unbranched alkanes of at least 4 members (excludes halogenated alkanes) is 3. The number of aromatic hydroxyl groups is 1. The van der Waals surface area contributed by atoms with Crippen LogP contribution in [0.3, 0.4) is 0 Å². The third-order valence-corrected chi connectivity index (χ3v) is 6.21. The molecule has 0 aromatic heterocycles. The molecule has 0 radical (unpaired) electrons. The summed E-state index contributed by atoms with van der Waals surface area (Å²) in [6, 6.07) is 3.80. The summed E-state index contributed by atoms with van der Waals surface area (Å²) in [5.74, 6) is -0.229. The van der Waals surface area contributed by atoms with Crippen molar-refractivity contribution in [2.75, 3.05) is 6.61 Å². The minimum Gasteiger partial charge on any atom is -0.508 e. The van der Waals surface area contributed by atoms with Crippen LogP contribution in [0.15, 0.2) is 23.8 Å². The molecule has 2 N–H and O–H groups in total. The molecule has 1 atom stereocenters. The first-order valence-corrected chi connectivity index (χ1v) is 11.7. The molecule has 8 nitrogen and oxygen atoms in total. The molecule has 1 aromatic rings. The highest BCUT2D eigenvalue weighted by atomic mass is 16.9. The normalized spacial score (nSPS) is 16.4. The van der Waals surface area contributed by atoms with Gasteiger partial charge in [-0.05, 0) is 75.0 Å². The second-order valence-electron chi connectivity index (χ2n) is 9.69. The van der Waals surface area contributed by atoms with Crippen molar-refractivity contribution in [3.63, 3.8) is 0 Å². The van der Waals surface area contributed by atoms with E-state index in [0.29, 0.717) is 36.1 Å². The van der Waals surface area contributed by atoms with Gasteiger partial charge in [-0.25, -0.2) is 4.79 Å². The minimum atomic E-state index is -0.909. The van der Waals surface area contributed by atoms with Crippen molar-refractivity contribution in [2.24, 2.45) is 0 Å². The van der Waals surface area contributed by atoms with Gasteiger partial charge in [0, 0.05) is 11.1 Å². The van der Waals surface area contributed by atoms with Crippen molar-refractivity contribution in [1.29, 1.82) is 0 Å². The highest BCUT2D eigenvalue weighted by Crippen LogP contribution is 2.45. The number of hydrogen-bond donors (Lipinski definition) is 2. The lowest BCUT2D eigenvalue weighted by Crippen LogP contribution is -2.19. The molecule has 1 aliphatic rings. The molecular weight excluding hydrogens is 426 g/mol. The summed E-state index contributed by atoms with van der Waals surface area (Å²) in [5, 5.41) is 29.9. The van der Waals surface area contributed by atoms with Crippen LogP contribution >= 0.6 is 0 Å². The predicted octanol–water partition coefficient (Wildman–Crippen LogP) is 5.89. The molecule has 1 unspecified atom stereocenters. The molecule has 0 fully saturated rings. The zero-order valence-electron chi connectivity index (χ0n) is 20.1. The van der Waals surface area contributed by atoms with Crippen molar-refractivity contribution < 1.29 is 29.7 Å². The van der Waals surface area contributed by atoms with Gasteiger partial charge in [-0.2, -0.15) is 0 Å². The second kappa shape index (κ2) is 11.9. The summed E-state index contributed by atoms with van der Waals surface area (Å²) in [6.07, 6.45) is 7.77. The quantitative estimate of drug-likeness (QED) is 0.212. The summed E-state index contributed by atoms with van der Waals surface area (Å²) in [7, 11) is 0. The number of carboxylic acids is 1. The second-order valence-corrected chi connectivity index (χ2v) is 9.69. The molecule has 0 spiro atoms. The van der Waals surface area contributed by atoms with Crippen molar-refractivity contribution in [1.82, 2.24) is 0 Å². The van der Waals surface area contributed by atoms with E-state index >= 15 is 0 Å². The van der Waals surface area contributed by atoms with Gasteiger partial charge in [0.2, 0.25) is 0 Å². The maximum atomic E-state index is 11.5. The fourth-order valence-corrected chi connectivity index (χ4v) is 4.40. The van der Waals surface area contributed by atoms with E-state index in [4.69, 9.17) is 4.74 Å². The molecule has 2 rings (SSSR count). The summed E-state index contributed by atoms with van der Waals surface area (Å²) in [5.41, 5.74) is 1.84. The smallest absolute Gasteiger partial charge is 0.331 e. The topological polar surface area (TPSA) is 119 Å². The third-order valence-electron chi connectivity index (χ3n) is 6.21. The number of ether oxygens (including phenoxy) is 1. The average Bonchev–Trinajstić information content (AvgIpc) is 2.72. The van der Waals surface area contributed by atoms with Crippen LogP contribution in [0, 0.1) is 10.1 Å². The number of rotatable bonds is 13. The largest absolute Gasteiger partial charge is 0.508 e. The van der Waals surface area contributed by atoms with Crippen LogP contribution < -0.4 is 4.74 Å². The van der Waals surface area contributed by atoms with E-state index < -0.39 is 11.1 Å². The Kier molecular flexibility index (Phi) is 9.56. The Labute approximate surface area is 195 Å². The van der Waals surface area contributed by atoms with Gasteiger partial charge in [0.15, 0.2) is 0 Å². The van der Waals surface area contributed by atoms with Gasteiger partial charge < -0.3 is 19.8 Å². The molecule has 1 aromatic carbocycles. The van der Waals surface area contributed by atoms with Crippen molar-refractivity contribution in [3.8, 4) is 11.5 Å². The first-order chi connectivity index (χ1) is 15.5. The maximum absolute atomic E-state index is 11.5. The highest BCUT2D eigenvalue weighted by Gasteiger charge is 2.29. The third kappa shape index (κ3) is 7.94. The Balaban J connectivity index is 2.14. The van der Waals surface area contributed by atoms with Crippen molar-refractivity contribution >= 4 is 5.97 Å². The zero-order valence-corrected chi connectivity index (χ0v) is 20.1. The molecule has 0 amide bonds. The summed E-state index contributed by atoms with van der Waals surface area (Å²) in [6.45, 7) is 8.25. The van der Waals surface area contributed by atoms with E-state index in [9.17, 15) is 25.1 Å². The van der Waals surface area contributed by atoms with Gasteiger partial charge in [0.05, 0.1) is 12.7 Å². The summed E-state index contributed by atoms with van der Waals surface area (Å²) >= 11 is 0. The van der Waals surface area contributed by atoms with E-state index in [1.807, 2.05) is 19.9 Å². The van der Waals surface area contributed by atoms with Crippen LogP contribution in [0.5, 0.6) is 11.5 Å². The Hall–Kier alpha value is -2.77. The molecular formula is C25H37NO7. The van der Waals surface area contributed by atoms with E-state index in [1.165, 1.54) is 0 Å². The van der Waals surface area contributed by atoms with Crippen LogP contribution in [0.25, 0.3) is 0 Å². The highest BCUT2D eigenvalue weighted by molar-refractivity contribution is 5.87. The Morgan fingerprint density at radius 3 is 2.58 bits per heavy atom. The summed E-state index contributed by atoms with van der Waals surface area (Å²) in [4.78, 5) is 26.0. The Morgan fingerprint density at radius 1 is 1.24 bits per heavy atom. The number of allylic oxidation sites excluding steroid dienone is 1. The van der Waals surface area contributed by atoms with Crippen molar-refractivity contribution in [2.45, 2.75) is 96.5 Å². The van der Waals surface area contributed by atoms with E-state index in [0.717, 1.165) is 37.7 Å². The lowest BCUT2D eigenvalue weighted by molar-refractivity contribution is -0.757. The van der Waals surface area contributed by atoms with Gasteiger partial charge in [0.1, 0.15) is 11.5 Å². The van der Waals surface area contributed by atoms with E-state index in [-0.39, 0.29) is 29.8 Å². The lowest BCUT2D eigenvalue weighted by Gasteiger charge is -2.30. The number of phenolic OH excluding ortho intramolecular Hbond substituents is 1. The van der Waals surface area contributed by atoms with Crippen LogP contribution in [-0.4, -0.2) is 34.0 Å². The number of phenols is 1. The first kappa shape index (κ1) is 26.5. The SMILES string of the molecule is CC(C)Oc1cc(C(C)(C)CCCCCCO[N+](=O)[O-])cc(O)c1C1CCC=C(C(=O)O)C1. The van der Waals surface area contributed by atoms with Crippen LogP contribution in [0.4, 0.5) is 0 Å².